The molecule has 3 aromatic carbocycles. The molecule has 3 aliphatic heterocycles. The SMILES string of the molecule is COc1ccc2c(c1)[C@@]1(O[C@H](CCn3cc(C(CO)c4ccccc4)nn3)[C@@H]([Si](C)(C)F)[C@@H]1C)C(=O)N2Cc1cccc(NC(=O)C2CCCNC2)c1. The standard InChI is InChI=1S/C40H49FN6O5Si/c1-26-37(53(3,4)41)36(17-19-46-24-34(44-45-46)32(25-48)28-11-6-5-7-12-28)52-40(26)33-21-31(51-2)15-16-35(33)47(39(40)50)23-27-10-8-14-30(20-27)43-38(49)29-13-9-18-42-22-29/h5-8,10-12,14-16,20-21,24,26,29,32,36-37,42,48H,9,13,17-19,22-23,25H2,1-4H3,(H,43,49)/t26-,29?,32?,36+,37-,40+/m0/s1. The minimum absolute atomic E-state index is 0.0159. The molecule has 0 bridgehead atoms. The van der Waals surface area contributed by atoms with E-state index in [0.29, 0.717) is 47.9 Å². The van der Waals surface area contributed by atoms with Gasteiger partial charge in [-0.25, -0.2) is 0 Å². The number of ether oxygens (including phenoxy) is 2. The Morgan fingerprint density at radius 3 is 2.70 bits per heavy atom. The van der Waals surface area contributed by atoms with Crippen LogP contribution in [0, 0.1) is 11.8 Å². The second kappa shape index (κ2) is 15.1. The number of rotatable bonds is 12. The van der Waals surface area contributed by atoms with Gasteiger partial charge in [-0.1, -0.05) is 54.6 Å². The first-order valence-electron chi connectivity index (χ1n) is 18.6. The Morgan fingerprint density at radius 1 is 1.17 bits per heavy atom. The molecule has 4 heterocycles. The lowest BCUT2D eigenvalue weighted by Gasteiger charge is -2.31. The summed E-state index contributed by atoms with van der Waals surface area (Å²) in [5, 5.41) is 25.2. The minimum atomic E-state index is -3.40. The van der Waals surface area contributed by atoms with Crippen molar-refractivity contribution in [3.63, 3.8) is 0 Å². The van der Waals surface area contributed by atoms with Crippen molar-refractivity contribution in [2.24, 2.45) is 11.8 Å². The molecular weight excluding hydrogens is 692 g/mol. The number of benzene rings is 3. The third kappa shape index (κ3) is 7.15. The number of aryl methyl sites for hydroxylation is 1. The number of carbonyl (C=O) groups excluding carboxylic acids is 2. The summed E-state index contributed by atoms with van der Waals surface area (Å²) in [5.74, 6) is -0.547. The van der Waals surface area contributed by atoms with E-state index in [1.807, 2.05) is 85.9 Å². The molecule has 7 rings (SSSR count). The normalized spacial score (nSPS) is 24.7. The first-order valence-corrected chi connectivity index (χ1v) is 21.5. The van der Waals surface area contributed by atoms with E-state index in [4.69, 9.17) is 9.47 Å². The summed E-state index contributed by atoms with van der Waals surface area (Å²) >= 11 is 0. The number of methoxy groups -OCH3 is 1. The minimum Gasteiger partial charge on any atom is -0.497 e. The number of aromatic nitrogens is 3. The number of hydrogen-bond donors (Lipinski definition) is 3. The highest BCUT2D eigenvalue weighted by molar-refractivity contribution is 6.72. The number of aliphatic hydroxyl groups excluding tert-OH is 1. The molecule has 6 atom stereocenters. The first kappa shape index (κ1) is 36.9. The van der Waals surface area contributed by atoms with E-state index < -0.39 is 31.6 Å². The van der Waals surface area contributed by atoms with E-state index in [9.17, 15) is 14.7 Å². The van der Waals surface area contributed by atoms with Crippen molar-refractivity contribution in [2.45, 2.75) is 75.5 Å². The maximum absolute atomic E-state index is 16.5. The molecule has 3 N–H and O–H groups in total. The molecule has 280 valence electrons. The maximum Gasteiger partial charge on any atom is 0.264 e. The Hall–Kier alpha value is -4.43. The number of piperidine rings is 1. The molecule has 2 fully saturated rings. The van der Waals surface area contributed by atoms with Crippen LogP contribution in [0.3, 0.4) is 0 Å². The van der Waals surface area contributed by atoms with E-state index in [1.165, 1.54) is 0 Å². The Kier molecular flexibility index (Phi) is 10.5. The molecule has 4 aromatic rings. The predicted octanol–water partition coefficient (Wildman–Crippen LogP) is 5.76. The van der Waals surface area contributed by atoms with Crippen LogP contribution in [0.5, 0.6) is 5.75 Å². The number of carbonyl (C=O) groups is 2. The topological polar surface area (TPSA) is 131 Å². The van der Waals surface area contributed by atoms with Crippen molar-refractivity contribution in [1.82, 2.24) is 20.3 Å². The van der Waals surface area contributed by atoms with Crippen LogP contribution in [-0.2, 0) is 33.0 Å². The van der Waals surface area contributed by atoms with E-state index in [1.54, 1.807) is 29.8 Å². The van der Waals surface area contributed by atoms with Crippen LogP contribution >= 0.6 is 0 Å². The van der Waals surface area contributed by atoms with Gasteiger partial charge in [0.05, 0.1) is 49.6 Å². The highest BCUT2D eigenvalue weighted by atomic mass is 28.4. The number of nitrogens with zero attached hydrogens (tertiary/aromatic N) is 4. The summed E-state index contributed by atoms with van der Waals surface area (Å²) < 4.78 is 30.8. The number of halogens is 1. The van der Waals surface area contributed by atoms with Gasteiger partial charge in [0.2, 0.25) is 14.3 Å². The Balaban J connectivity index is 1.15. The van der Waals surface area contributed by atoms with Crippen LogP contribution in [0.1, 0.15) is 54.5 Å². The molecule has 3 aliphatic rings. The number of aliphatic hydroxyl groups is 1. The third-order valence-electron chi connectivity index (χ3n) is 11.3. The van der Waals surface area contributed by atoms with Crippen molar-refractivity contribution in [3.05, 3.63) is 101 Å². The van der Waals surface area contributed by atoms with E-state index >= 15 is 4.11 Å². The predicted molar refractivity (Wildman–Crippen MR) is 203 cm³/mol. The number of amides is 2. The van der Waals surface area contributed by atoms with Crippen LogP contribution in [0.15, 0.2) is 79.0 Å². The third-order valence-corrected chi connectivity index (χ3v) is 13.8. The van der Waals surface area contributed by atoms with Crippen LogP contribution in [0.25, 0.3) is 0 Å². The molecule has 1 aromatic heterocycles. The molecule has 2 unspecified atom stereocenters. The fourth-order valence-corrected chi connectivity index (χ4v) is 11.3. The number of anilines is 2. The highest BCUT2D eigenvalue weighted by Gasteiger charge is 2.66. The first-order chi connectivity index (χ1) is 25.5. The Bertz CT molecular complexity index is 1930. The van der Waals surface area contributed by atoms with Gasteiger partial charge in [-0.05, 0) is 80.4 Å². The zero-order valence-electron chi connectivity index (χ0n) is 30.8. The molecule has 13 heteroatoms. The van der Waals surface area contributed by atoms with Gasteiger partial charge in [0.15, 0.2) is 5.60 Å². The van der Waals surface area contributed by atoms with Crippen LogP contribution < -0.4 is 20.3 Å². The molecule has 0 aliphatic carbocycles. The van der Waals surface area contributed by atoms with Crippen molar-refractivity contribution < 1.29 is 28.3 Å². The molecule has 0 radical (unpaired) electrons. The van der Waals surface area contributed by atoms with Gasteiger partial charge in [-0.15, -0.1) is 5.10 Å². The zero-order valence-corrected chi connectivity index (χ0v) is 31.8. The number of nitrogens with one attached hydrogen (secondary N) is 2. The average Bonchev–Trinajstić information content (AvgIpc) is 3.82. The van der Waals surface area contributed by atoms with Crippen molar-refractivity contribution in [2.75, 3.05) is 37.0 Å². The van der Waals surface area contributed by atoms with Gasteiger partial charge in [0, 0.05) is 42.0 Å². The quantitative estimate of drug-likeness (QED) is 0.124. The summed E-state index contributed by atoms with van der Waals surface area (Å²) in [6, 6.07) is 22.8. The van der Waals surface area contributed by atoms with E-state index in [2.05, 4.69) is 20.9 Å². The van der Waals surface area contributed by atoms with Gasteiger partial charge >= 0.3 is 0 Å². The average molecular weight is 741 g/mol. The van der Waals surface area contributed by atoms with E-state index in [-0.39, 0.29) is 36.8 Å². The van der Waals surface area contributed by atoms with E-state index in [0.717, 1.165) is 30.5 Å². The van der Waals surface area contributed by atoms with Crippen LogP contribution in [0.4, 0.5) is 15.5 Å². The van der Waals surface area contributed by atoms with Crippen molar-refractivity contribution in [1.29, 1.82) is 0 Å². The second-order valence-corrected chi connectivity index (χ2v) is 18.9. The van der Waals surface area contributed by atoms with Gasteiger partial charge < -0.3 is 34.2 Å². The Labute approximate surface area is 311 Å². The summed E-state index contributed by atoms with van der Waals surface area (Å²) in [6.45, 7) is 7.43. The smallest absolute Gasteiger partial charge is 0.264 e. The largest absolute Gasteiger partial charge is 0.497 e. The highest BCUT2D eigenvalue weighted by Crippen LogP contribution is 2.60. The molecule has 2 amide bonds. The van der Waals surface area contributed by atoms with Crippen molar-refractivity contribution in [3.8, 4) is 5.75 Å². The second-order valence-electron chi connectivity index (χ2n) is 15.1. The van der Waals surface area contributed by atoms with Crippen LogP contribution in [-0.4, -0.2) is 73.2 Å². The fraction of sp³-hybridized carbons (Fsp3) is 0.450. The van der Waals surface area contributed by atoms with Crippen LogP contribution in [0.2, 0.25) is 18.6 Å². The molecular formula is C40H49FN6O5Si. The fourth-order valence-electron chi connectivity index (χ4n) is 8.73. The lowest BCUT2D eigenvalue weighted by atomic mass is 9.82. The van der Waals surface area contributed by atoms with Gasteiger partial charge in [-0.2, -0.15) is 0 Å². The molecule has 2 saturated heterocycles. The summed E-state index contributed by atoms with van der Waals surface area (Å²) in [6.07, 6.45) is 3.48. The molecule has 11 nitrogen and oxygen atoms in total. The summed E-state index contributed by atoms with van der Waals surface area (Å²) in [4.78, 5) is 29.7. The number of fused-ring (bicyclic) bond motifs is 2. The molecule has 1 spiro atoms. The van der Waals surface area contributed by atoms with Gasteiger partial charge in [0.1, 0.15) is 5.75 Å². The Morgan fingerprint density at radius 2 is 1.98 bits per heavy atom. The molecule has 0 saturated carbocycles. The number of hydrogen-bond acceptors (Lipinski definition) is 8. The van der Waals surface area contributed by atoms with Crippen molar-refractivity contribution >= 4 is 31.6 Å². The lowest BCUT2D eigenvalue weighted by molar-refractivity contribution is -0.146. The molecule has 53 heavy (non-hydrogen) atoms. The van der Waals surface area contributed by atoms with Gasteiger partial charge in [0.25, 0.3) is 5.91 Å². The summed E-state index contributed by atoms with van der Waals surface area (Å²) in [5.41, 5.74) is 2.56. The summed E-state index contributed by atoms with van der Waals surface area (Å²) in [7, 11) is -1.82. The lowest BCUT2D eigenvalue weighted by Crippen LogP contribution is -2.45. The monoisotopic (exact) mass is 740 g/mol. The maximum atomic E-state index is 16.5. The zero-order chi connectivity index (χ0) is 37.3. The van der Waals surface area contributed by atoms with Gasteiger partial charge in [-0.3, -0.25) is 14.3 Å².